The Morgan fingerprint density at radius 3 is 2.53 bits per heavy atom. The number of halogens is 4. The minimum Gasteiger partial charge on any atom is -0.478 e. The van der Waals surface area contributed by atoms with E-state index in [1.165, 1.54) is 23.7 Å². The molecule has 3 rings (SSSR count). The van der Waals surface area contributed by atoms with E-state index in [0.29, 0.717) is 28.4 Å². The monoisotopic (exact) mass is 466 g/mol. The molecule has 3 aromatic rings. The molecule has 0 spiro atoms. The number of carbonyl (C=O) groups is 1. The maximum atomic E-state index is 12.6. The Balaban J connectivity index is 1.82. The Hall–Kier alpha value is -3.45. The Morgan fingerprint density at radius 1 is 1.25 bits per heavy atom. The lowest BCUT2D eigenvalue weighted by molar-refractivity contribution is -0.274. The summed E-state index contributed by atoms with van der Waals surface area (Å²) in [6.45, 7) is 3.61. The highest BCUT2D eigenvalue weighted by molar-refractivity contribution is 6.31. The van der Waals surface area contributed by atoms with Crippen LogP contribution in [0.25, 0.3) is 10.9 Å². The van der Waals surface area contributed by atoms with Gasteiger partial charge in [0.05, 0.1) is 30.1 Å². The molecule has 1 N–H and O–H groups in total. The van der Waals surface area contributed by atoms with Gasteiger partial charge in [0.2, 0.25) is 5.88 Å². The van der Waals surface area contributed by atoms with Gasteiger partial charge in [-0.3, -0.25) is 4.79 Å². The number of ether oxygens (including phenoxy) is 2. The van der Waals surface area contributed by atoms with Crippen LogP contribution in [0.4, 0.5) is 13.2 Å². The smallest absolute Gasteiger partial charge is 0.478 e. The standard InChI is InChI=1S/C21H18ClF3N4O3/c1-3-31-19-16-9-6-14(22)10-17(16)28-29(19)12-20(2,11-26)27-18(30)13-4-7-15(8-5-13)32-21(23,24)25/h4-10H,3,12H2,1-2H3,(H,27,30). The predicted molar refractivity (Wildman–Crippen MR) is 111 cm³/mol. The average molecular weight is 467 g/mol. The van der Waals surface area contributed by atoms with E-state index in [2.05, 4.69) is 15.2 Å². The highest BCUT2D eigenvalue weighted by Gasteiger charge is 2.32. The number of nitrogens with one attached hydrogen (secondary N) is 1. The molecule has 0 aliphatic heterocycles. The van der Waals surface area contributed by atoms with Gasteiger partial charge in [0.15, 0.2) is 0 Å². The summed E-state index contributed by atoms with van der Waals surface area (Å²) < 4.78 is 47.8. The Bertz CT molecular complexity index is 1170. The first-order chi connectivity index (χ1) is 15.0. The third-order valence-electron chi connectivity index (χ3n) is 4.39. The molecule has 11 heteroatoms. The first-order valence-corrected chi connectivity index (χ1v) is 9.80. The van der Waals surface area contributed by atoms with Gasteiger partial charge in [-0.25, -0.2) is 4.68 Å². The van der Waals surface area contributed by atoms with Gasteiger partial charge in [0.25, 0.3) is 5.91 Å². The van der Waals surface area contributed by atoms with E-state index >= 15 is 0 Å². The van der Waals surface area contributed by atoms with Crippen LogP contribution in [0.2, 0.25) is 5.02 Å². The van der Waals surface area contributed by atoms with E-state index in [4.69, 9.17) is 16.3 Å². The third-order valence-corrected chi connectivity index (χ3v) is 4.62. The van der Waals surface area contributed by atoms with Gasteiger partial charge in [-0.1, -0.05) is 11.6 Å². The molecule has 0 radical (unpaired) electrons. The maximum absolute atomic E-state index is 12.6. The number of amides is 1. The second-order valence-corrected chi connectivity index (χ2v) is 7.46. The number of rotatable bonds is 7. The number of nitrogens with zero attached hydrogens (tertiary/aromatic N) is 3. The number of benzene rings is 2. The number of aromatic nitrogens is 2. The first kappa shape index (κ1) is 23.2. The Kier molecular flexibility index (Phi) is 6.50. The number of hydrogen-bond donors (Lipinski definition) is 1. The number of fused-ring (bicyclic) bond motifs is 1. The molecule has 0 bridgehead atoms. The molecule has 1 aromatic heterocycles. The lowest BCUT2D eigenvalue weighted by atomic mass is 10.0. The normalized spacial score (nSPS) is 13.3. The van der Waals surface area contributed by atoms with Crippen LogP contribution < -0.4 is 14.8 Å². The fraction of sp³-hybridized carbons (Fsp3) is 0.286. The summed E-state index contributed by atoms with van der Waals surface area (Å²) >= 11 is 6.03. The molecule has 0 aliphatic rings. The Labute approximate surface area is 186 Å². The van der Waals surface area contributed by atoms with Crippen molar-refractivity contribution in [3.63, 3.8) is 0 Å². The zero-order valence-corrected chi connectivity index (χ0v) is 17.8. The van der Waals surface area contributed by atoms with Crippen LogP contribution in [0.15, 0.2) is 42.5 Å². The summed E-state index contributed by atoms with van der Waals surface area (Å²) in [7, 11) is 0. The molecular formula is C21H18ClF3N4O3. The summed E-state index contributed by atoms with van der Waals surface area (Å²) in [6.07, 6.45) is -4.83. The maximum Gasteiger partial charge on any atom is 0.573 e. The Morgan fingerprint density at radius 2 is 1.94 bits per heavy atom. The summed E-state index contributed by atoms with van der Waals surface area (Å²) in [4.78, 5) is 12.6. The van der Waals surface area contributed by atoms with Crippen LogP contribution in [0.5, 0.6) is 11.6 Å². The zero-order valence-electron chi connectivity index (χ0n) is 17.0. The molecule has 32 heavy (non-hydrogen) atoms. The molecule has 168 valence electrons. The molecule has 0 fully saturated rings. The SMILES string of the molecule is CCOc1c2ccc(Cl)cc2nn1CC(C)(C#N)NC(=O)c1ccc(OC(F)(F)F)cc1. The molecule has 0 aliphatic carbocycles. The van der Waals surface area contributed by atoms with Gasteiger partial charge in [0.1, 0.15) is 11.3 Å². The highest BCUT2D eigenvalue weighted by atomic mass is 35.5. The molecule has 0 saturated carbocycles. The van der Waals surface area contributed by atoms with Crippen molar-refractivity contribution < 1.29 is 27.4 Å². The van der Waals surface area contributed by atoms with E-state index < -0.39 is 23.6 Å². The van der Waals surface area contributed by atoms with Crippen molar-refractivity contribution in [2.75, 3.05) is 6.61 Å². The second kappa shape index (κ2) is 8.96. The van der Waals surface area contributed by atoms with E-state index in [9.17, 15) is 23.2 Å². The fourth-order valence-electron chi connectivity index (χ4n) is 3.01. The molecule has 2 aromatic carbocycles. The largest absolute Gasteiger partial charge is 0.573 e. The lowest BCUT2D eigenvalue weighted by Gasteiger charge is -2.24. The zero-order chi connectivity index (χ0) is 23.5. The molecule has 0 saturated heterocycles. The number of alkyl halides is 3. The van der Waals surface area contributed by atoms with Crippen LogP contribution in [-0.2, 0) is 6.54 Å². The first-order valence-electron chi connectivity index (χ1n) is 9.42. The molecule has 1 unspecified atom stereocenters. The minimum absolute atomic E-state index is 0.0495. The third kappa shape index (κ3) is 5.42. The van der Waals surface area contributed by atoms with Crippen LogP contribution in [0.1, 0.15) is 24.2 Å². The van der Waals surface area contributed by atoms with Crippen LogP contribution in [0.3, 0.4) is 0 Å². The minimum atomic E-state index is -4.83. The van der Waals surface area contributed by atoms with Crippen molar-refractivity contribution in [3.05, 3.63) is 53.1 Å². The van der Waals surface area contributed by atoms with Crippen LogP contribution in [0, 0.1) is 11.3 Å². The summed E-state index contributed by atoms with van der Waals surface area (Å²) in [6, 6.07) is 11.5. The van der Waals surface area contributed by atoms with Crippen molar-refractivity contribution in [2.45, 2.75) is 32.3 Å². The lowest BCUT2D eigenvalue weighted by Crippen LogP contribution is -2.48. The summed E-state index contributed by atoms with van der Waals surface area (Å²) in [5, 5.41) is 18.0. The molecule has 1 atom stereocenters. The second-order valence-electron chi connectivity index (χ2n) is 7.03. The number of hydrogen-bond acceptors (Lipinski definition) is 5. The van der Waals surface area contributed by atoms with E-state index in [-0.39, 0.29) is 12.1 Å². The van der Waals surface area contributed by atoms with E-state index in [1.54, 1.807) is 25.1 Å². The summed E-state index contributed by atoms with van der Waals surface area (Å²) in [5.74, 6) is -0.686. The van der Waals surface area contributed by atoms with Gasteiger partial charge in [-0.2, -0.15) is 10.4 Å². The van der Waals surface area contributed by atoms with Crippen molar-refractivity contribution >= 4 is 28.4 Å². The fourth-order valence-corrected chi connectivity index (χ4v) is 3.18. The van der Waals surface area contributed by atoms with Gasteiger partial charge in [0, 0.05) is 10.6 Å². The van der Waals surface area contributed by atoms with Gasteiger partial charge in [-0.15, -0.1) is 13.2 Å². The van der Waals surface area contributed by atoms with Crippen LogP contribution >= 0.6 is 11.6 Å². The predicted octanol–water partition coefficient (Wildman–Crippen LogP) is 4.70. The number of carbonyl (C=O) groups excluding carboxylic acids is 1. The van der Waals surface area contributed by atoms with Crippen molar-refractivity contribution in [1.29, 1.82) is 5.26 Å². The molecular weight excluding hydrogens is 449 g/mol. The molecule has 1 heterocycles. The molecule has 7 nitrogen and oxygen atoms in total. The average Bonchev–Trinajstić information content (AvgIpc) is 3.03. The molecule has 1 amide bonds. The van der Waals surface area contributed by atoms with Crippen LogP contribution in [-0.4, -0.2) is 34.2 Å². The van der Waals surface area contributed by atoms with Gasteiger partial charge >= 0.3 is 6.36 Å². The van der Waals surface area contributed by atoms with Gasteiger partial charge < -0.3 is 14.8 Å². The van der Waals surface area contributed by atoms with Gasteiger partial charge in [-0.05, 0) is 56.3 Å². The summed E-state index contributed by atoms with van der Waals surface area (Å²) in [5.41, 5.74) is -0.785. The van der Waals surface area contributed by atoms with E-state index in [0.717, 1.165) is 12.1 Å². The quantitative estimate of drug-likeness (QED) is 0.545. The number of nitriles is 1. The van der Waals surface area contributed by atoms with Crippen molar-refractivity contribution in [1.82, 2.24) is 15.1 Å². The highest BCUT2D eigenvalue weighted by Crippen LogP contribution is 2.29. The van der Waals surface area contributed by atoms with Crippen molar-refractivity contribution in [2.24, 2.45) is 0 Å². The van der Waals surface area contributed by atoms with Crippen molar-refractivity contribution in [3.8, 4) is 17.7 Å². The van der Waals surface area contributed by atoms with E-state index in [1.807, 2.05) is 6.07 Å². The topological polar surface area (TPSA) is 89.2 Å².